The molecule has 5 nitrogen and oxygen atoms in total. The van der Waals surface area contributed by atoms with E-state index < -0.39 is 0 Å². The second-order valence-corrected chi connectivity index (χ2v) is 8.31. The van der Waals surface area contributed by atoms with Gasteiger partial charge in [-0.3, -0.25) is 4.79 Å². The summed E-state index contributed by atoms with van der Waals surface area (Å²) in [4.78, 5) is 22.6. The van der Waals surface area contributed by atoms with Crippen molar-refractivity contribution in [3.63, 3.8) is 0 Å². The molecule has 0 saturated carbocycles. The highest BCUT2D eigenvalue weighted by Crippen LogP contribution is 2.35. The fourth-order valence-corrected chi connectivity index (χ4v) is 4.28. The number of carbonyl (C=O) groups excluding carboxylic acids is 1. The first kappa shape index (κ1) is 20.9. The molecule has 1 aliphatic rings. The zero-order chi connectivity index (χ0) is 22.6. The quantitative estimate of drug-likeness (QED) is 0.415. The topological polar surface area (TPSA) is 75.1 Å². The number of aromatic hydroxyl groups is 1. The third kappa shape index (κ3) is 4.62. The van der Waals surface area contributed by atoms with E-state index in [1.807, 2.05) is 30.3 Å². The summed E-state index contributed by atoms with van der Waals surface area (Å²) in [5.41, 5.74) is 6.74. The molecule has 0 radical (unpaired) electrons. The lowest BCUT2D eigenvalue weighted by Crippen LogP contribution is -2.17. The lowest BCUT2D eigenvalue weighted by molar-refractivity contribution is -0.116. The predicted molar refractivity (Wildman–Crippen MR) is 130 cm³/mol. The van der Waals surface area contributed by atoms with E-state index in [-0.39, 0.29) is 11.7 Å². The number of aromatic nitrogens is 2. The number of benzene rings is 3. The van der Waals surface area contributed by atoms with E-state index in [2.05, 4.69) is 29.6 Å². The Morgan fingerprint density at radius 3 is 2.42 bits per heavy atom. The lowest BCUT2D eigenvalue weighted by atomic mass is 9.91. The fraction of sp³-hybridized carbons (Fsp3) is 0.179. The second-order valence-electron chi connectivity index (χ2n) is 8.31. The van der Waals surface area contributed by atoms with E-state index in [1.165, 1.54) is 11.1 Å². The first-order valence-corrected chi connectivity index (χ1v) is 11.3. The Morgan fingerprint density at radius 2 is 1.61 bits per heavy atom. The van der Waals surface area contributed by atoms with Crippen LogP contribution < -0.4 is 5.32 Å². The van der Waals surface area contributed by atoms with E-state index in [9.17, 15) is 9.90 Å². The first-order chi connectivity index (χ1) is 16.2. The number of hydrogen-bond acceptors (Lipinski definition) is 4. The van der Waals surface area contributed by atoms with Crippen LogP contribution in [0.1, 0.15) is 29.7 Å². The third-order valence-corrected chi connectivity index (χ3v) is 5.98. The van der Waals surface area contributed by atoms with Gasteiger partial charge in [0, 0.05) is 17.5 Å². The smallest absolute Gasteiger partial charge is 0.225 e. The molecule has 2 N–H and O–H groups in total. The molecule has 0 aliphatic heterocycles. The highest BCUT2D eigenvalue weighted by molar-refractivity contribution is 5.94. The molecule has 0 unspecified atom stereocenters. The summed E-state index contributed by atoms with van der Waals surface area (Å²) in [7, 11) is 0. The van der Waals surface area contributed by atoms with E-state index in [0.29, 0.717) is 17.9 Å². The highest BCUT2D eigenvalue weighted by Gasteiger charge is 2.22. The normalized spacial score (nSPS) is 12.0. The van der Waals surface area contributed by atoms with Gasteiger partial charge in [0.1, 0.15) is 11.4 Å². The van der Waals surface area contributed by atoms with Gasteiger partial charge in [0.25, 0.3) is 0 Å². The number of phenolic OH excluding ortho intramolecular Hbond substituents is 1. The molecule has 3 aromatic carbocycles. The van der Waals surface area contributed by atoms with Gasteiger partial charge in [-0.1, -0.05) is 54.6 Å². The first-order valence-electron chi connectivity index (χ1n) is 11.3. The summed E-state index contributed by atoms with van der Waals surface area (Å²) in [6, 6.07) is 25.3. The van der Waals surface area contributed by atoms with Gasteiger partial charge < -0.3 is 10.4 Å². The molecule has 1 heterocycles. The number of amides is 1. The van der Waals surface area contributed by atoms with Gasteiger partial charge in [0.05, 0.1) is 11.4 Å². The van der Waals surface area contributed by atoms with Crippen molar-refractivity contribution in [2.75, 3.05) is 5.32 Å². The molecule has 0 atom stereocenters. The van der Waals surface area contributed by atoms with Gasteiger partial charge in [0.15, 0.2) is 5.82 Å². The van der Waals surface area contributed by atoms with Crippen LogP contribution in [0.3, 0.4) is 0 Å². The van der Waals surface area contributed by atoms with Crippen molar-refractivity contribution in [1.29, 1.82) is 0 Å². The number of phenols is 1. The molecular weight excluding hydrogens is 410 g/mol. The monoisotopic (exact) mass is 435 g/mol. The molecule has 33 heavy (non-hydrogen) atoms. The Labute approximate surface area is 193 Å². The van der Waals surface area contributed by atoms with E-state index >= 15 is 0 Å². The van der Waals surface area contributed by atoms with Gasteiger partial charge in [-0.15, -0.1) is 0 Å². The number of fused-ring (bicyclic) bond motifs is 3. The van der Waals surface area contributed by atoms with Crippen LogP contribution in [0.5, 0.6) is 5.75 Å². The molecule has 1 aromatic heterocycles. The zero-order valence-corrected chi connectivity index (χ0v) is 18.3. The SMILES string of the molecule is O=C(CCCc1ccccc1)Nc1nc2c(nc1-c1ccc(O)cc1)-c1ccccc1CC2. The van der Waals surface area contributed by atoms with Crippen LogP contribution in [-0.2, 0) is 24.1 Å². The minimum atomic E-state index is -0.0728. The molecule has 5 rings (SSSR count). The Morgan fingerprint density at radius 1 is 0.848 bits per heavy atom. The zero-order valence-electron chi connectivity index (χ0n) is 18.3. The predicted octanol–water partition coefficient (Wildman–Crippen LogP) is 5.58. The average molecular weight is 436 g/mol. The molecule has 0 bridgehead atoms. The number of aryl methyl sites for hydroxylation is 3. The molecule has 1 amide bonds. The molecule has 4 aromatic rings. The molecule has 1 aliphatic carbocycles. The molecule has 5 heteroatoms. The van der Waals surface area contributed by atoms with Crippen LogP contribution in [0.2, 0.25) is 0 Å². The average Bonchev–Trinajstić information content (AvgIpc) is 2.85. The van der Waals surface area contributed by atoms with Crippen LogP contribution in [0.15, 0.2) is 78.9 Å². The van der Waals surface area contributed by atoms with Crippen molar-refractivity contribution in [3.8, 4) is 28.3 Å². The maximum atomic E-state index is 12.8. The summed E-state index contributed by atoms with van der Waals surface area (Å²) in [6.45, 7) is 0. The summed E-state index contributed by atoms with van der Waals surface area (Å²) < 4.78 is 0. The number of nitrogens with one attached hydrogen (secondary N) is 1. The summed E-state index contributed by atoms with van der Waals surface area (Å²) >= 11 is 0. The molecule has 0 fully saturated rings. The summed E-state index contributed by atoms with van der Waals surface area (Å²) in [5, 5.41) is 12.7. The molecule has 0 spiro atoms. The van der Waals surface area contributed by atoms with Crippen molar-refractivity contribution >= 4 is 11.7 Å². The fourth-order valence-electron chi connectivity index (χ4n) is 4.28. The Hall–Kier alpha value is -3.99. The van der Waals surface area contributed by atoms with Crippen LogP contribution in [0.4, 0.5) is 5.82 Å². The highest BCUT2D eigenvalue weighted by atomic mass is 16.3. The third-order valence-electron chi connectivity index (χ3n) is 5.98. The van der Waals surface area contributed by atoms with Crippen LogP contribution in [0, 0.1) is 0 Å². The number of rotatable bonds is 6. The number of anilines is 1. The van der Waals surface area contributed by atoms with Gasteiger partial charge in [-0.2, -0.15) is 0 Å². The lowest BCUT2D eigenvalue weighted by Gasteiger charge is -2.21. The molecule has 0 saturated heterocycles. The largest absolute Gasteiger partial charge is 0.508 e. The molecular formula is C28H25N3O2. The van der Waals surface area contributed by atoms with Gasteiger partial charge in [-0.05, 0) is 61.1 Å². The Balaban J connectivity index is 1.43. The number of nitrogens with zero attached hydrogens (tertiary/aromatic N) is 2. The van der Waals surface area contributed by atoms with Crippen molar-refractivity contribution in [3.05, 3.63) is 95.7 Å². The summed E-state index contributed by atoms with van der Waals surface area (Å²) in [6.07, 6.45) is 3.71. The van der Waals surface area contributed by atoms with Crippen molar-refractivity contribution in [2.24, 2.45) is 0 Å². The minimum absolute atomic E-state index is 0.0728. The maximum absolute atomic E-state index is 12.8. The van der Waals surface area contributed by atoms with E-state index in [4.69, 9.17) is 9.97 Å². The van der Waals surface area contributed by atoms with Gasteiger partial charge in [-0.25, -0.2) is 9.97 Å². The standard InChI is InChI=1S/C28H25N3O2/c32-22-16-13-21(14-17-22)26-28(30-25(33)12-6-9-19-7-2-1-3-8-19)29-24-18-15-20-10-4-5-11-23(20)27(24)31-26/h1-5,7-8,10-11,13-14,16-17,32H,6,9,12,15,18H2,(H,29,30,33). The van der Waals surface area contributed by atoms with Crippen LogP contribution in [-0.4, -0.2) is 21.0 Å². The number of hydrogen-bond donors (Lipinski definition) is 2. The maximum Gasteiger partial charge on any atom is 0.225 e. The summed E-state index contributed by atoms with van der Waals surface area (Å²) in [5.74, 6) is 0.585. The van der Waals surface area contributed by atoms with Crippen molar-refractivity contribution in [1.82, 2.24) is 9.97 Å². The Kier molecular flexibility index (Phi) is 5.85. The van der Waals surface area contributed by atoms with Crippen LogP contribution >= 0.6 is 0 Å². The molecule has 164 valence electrons. The van der Waals surface area contributed by atoms with E-state index in [0.717, 1.165) is 48.2 Å². The van der Waals surface area contributed by atoms with Gasteiger partial charge in [0.2, 0.25) is 5.91 Å². The number of carbonyl (C=O) groups is 1. The van der Waals surface area contributed by atoms with Crippen molar-refractivity contribution < 1.29 is 9.90 Å². The Bertz CT molecular complexity index is 1280. The van der Waals surface area contributed by atoms with Crippen LogP contribution in [0.25, 0.3) is 22.5 Å². The minimum Gasteiger partial charge on any atom is -0.508 e. The van der Waals surface area contributed by atoms with E-state index in [1.54, 1.807) is 24.3 Å². The van der Waals surface area contributed by atoms with Crippen molar-refractivity contribution in [2.45, 2.75) is 32.1 Å². The second kappa shape index (κ2) is 9.25. The van der Waals surface area contributed by atoms with Gasteiger partial charge >= 0.3 is 0 Å².